The summed E-state index contributed by atoms with van der Waals surface area (Å²) in [4.78, 5) is 39.0. The van der Waals surface area contributed by atoms with Crippen LogP contribution in [0.25, 0.3) is 33.4 Å². The summed E-state index contributed by atoms with van der Waals surface area (Å²) in [5, 5.41) is 28.4. The molecule has 0 amide bonds. The Bertz CT molecular complexity index is 2570. The van der Waals surface area contributed by atoms with Crippen molar-refractivity contribution in [1.29, 1.82) is 0 Å². The number of nitrogens with two attached hydrogens (primary N) is 1. The third-order valence-corrected chi connectivity index (χ3v) is 12.3. The Morgan fingerprint density at radius 3 is 2.68 bits per heavy atom. The lowest BCUT2D eigenvalue weighted by Gasteiger charge is -2.31. The van der Waals surface area contributed by atoms with Gasteiger partial charge < -0.3 is 50.3 Å². The van der Waals surface area contributed by atoms with Gasteiger partial charge >= 0.3 is 5.97 Å². The molecule has 0 saturated heterocycles. The Hall–Kier alpha value is -5.53. The van der Waals surface area contributed by atoms with Gasteiger partial charge in [0.05, 0.1) is 5.56 Å². The highest BCUT2D eigenvalue weighted by molar-refractivity contribution is 14.1. The summed E-state index contributed by atoms with van der Waals surface area (Å²) in [6.45, 7) is 5.47. The second kappa shape index (κ2) is 15.2. The Kier molecular flexibility index (Phi) is 10.1. The summed E-state index contributed by atoms with van der Waals surface area (Å²) < 4.78 is 18.2. The zero-order chi connectivity index (χ0) is 39.2. The number of rotatable bonds is 10. The van der Waals surface area contributed by atoms with Crippen LogP contribution in [0.3, 0.4) is 0 Å². The van der Waals surface area contributed by atoms with Gasteiger partial charge in [-0.05, 0) is 109 Å². The number of thiocarbonyl (C=S) groups is 1. The van der Waals surface area contributed by atoms with E-state index in [-0.39, 0.29) is 40.8 Å². The van der Waals surface area contributed by atoms with E-state index in [9.17, 15) is 19.8 Å². The van der Waals surface area contributed by atoms with Crippen molar-refractivity contribution >= 4 is 91.6 Å². The number of benzene rings is 4. The number of carbonyl (C=O) groups is 1. The third kappa shape index (κ3) is 7.16. The van der Waals surface area contributed by atoms with E-state index < -0.39 is 5.97 Å². The molecular formula is C39H34IN7O7S2. The standard InChI is InChI=1S/C39H34IN7O7S2/c1-19(2)46(10-3-11-47-36-34(35(41)42-17-43-36)45-39(47)56-32-16-31-30(15-27(32)40)52-18-53-31)38(55)44-20-4-7-23(26(12-20)37(50)51)33-24-8-5-21(48)13-28(24)54-29-14-22(49)6-9-25(29)33/h4-9,12-17,19,39,45,48H,3,10-11,18H2,1-2H3,(H,44,55)(H,50,51)(H2,41,42,43). The summed E-state index contributed by atoms with van der Waals surface area (Å²) in [6, 6.07) is 18.0. The highest BCUT2D eigenvalue weighted by atomic mass is 127. The molecule has 4 aliphatic rings. The maximum absolute atomic E-state index is 12.8. The van der Waals surface area contributed by atoms with Crippen LogP contribution in [-0.2, 0) is 0 Å². The number of nitrogens with one attached hydrogen (secondary N) is 2. The number of aromatic nitrogens is 2. The van der Waals surface area contributed by atoms with Gasteiger partial charge in [0, 0.05) is 61.9 Å². The summed E-state index contributed by atoms with van der Waals surface area (Å²) in [5.41, 5.74) is 8.81. The molecule has 3 aromatic carbocycles. The number of nitrogens with zero attached hydrogens (tertiary/aromatic N) is 4. The molecule has 0 radical (unpaired) electrons. The molecule has 8 rings (SSSR count). The van der Waals surface area contributed by atoms with Gasteiger partial charge in [0.2, 0.25) is 6.79 Å². The molecule has 1 aromatic heterocycles. The van der Waals surface area contributed by atoms with Crippen LogP contribution in [0.15, 0.2) is 87.2 Å². The second-order valence-electron chi connectivity index (χ2n) is 13.4. The van der Waals surface area contributed by atoms with Gasteiger partial charge in [-0.15, -0.1) is 0 Å². The van der Waals surface area contributed by atoms with Gasteiger partial charge in [0.1, 0.15) is 29.1 Å². The molecule has 1 aliphatic carbocycles. The van der Waals surface area contributed by atoms with Crippen LogP contribution in [0.4, 0.5) is 23.0 Å². The van der Waals surface area contributed by atoms with E-state index in [2.05, 4.69) is 53.0 Å². The predicted octanol–water partition coefficient (Wildman–Crippen LogP) is 7.48. The molecule has 286 valence electrons. The number of phenols is 1. The number of nitrogen functional groups attached to an aromatic ring is 1. The Labute approximate surface area is 343 Å². The number of carboxylic acid groups (broad SMARTS) is 1. The van der Waals surface area contributed by atoms with Gasteiger partial charge in [-0.25, -0.2) is 14.8 Å². The molecule has 0 spiro atoms. The number of aromatic hydroxyl groups is 1. The van der Waals surface area contributed by atoms with Crippen molar-refractivity contribution in [2.45, 2.75) is 36.7 Å². The van der Waals surface area contributed by atoms with Gasteiger partial charge in [0.15, 0.2) is 39.2 Å². The third-order valence-electron chi connectivity index (χ3n) is 9.47. The SMILES string of the molecule is CC(C)N(CCCN1c2ncnc(N)c2NC1Sc1cc2c(cc1I)OCO2)C(=S)Nc1ccc(-c2c3ccc(=O)cc-3oc3cc(O)ccc23)c(C(=O)O)c1. The smallest absolute Gasteiger partial charge is 0.336 e. The van der Waals surface area contributed by atoms with Crippen LogP contribution in [0, 0.1) is 3.57 Å². The highest BCUT2D eigenvalue weighted by Gasteiger charge is 2.34. The normalized spacial score (nSPS) is 14.3. The van der Waals surface area contributed by atoms with Crippen molar-refractivity contribution in [3.05, 3.63) is 92.4 Å². The molecule has 4 aromatic rings. The zero-order valence-electron chi connectivity index (χ0n) is 29.9. The lowest BCUT2D eigenvalue weighted by atomic mass is 9.90. The molecule has 1 atom stereocenters. The first-order chi connectivity index (χ1) is 26.9. The molecule has 0 fully saturated rings. The number of anilines is 4. The van der Waals surface area contributed by atoms with Gasteiger partial charge in [0.25, 0.3) is 0 Å². The molecule has 1 unspecified atom stereocenters. The first kappa shape index (κ1) is 37.4. The largest absolute Gasteiger partial charge is 0.508 e. The average Bonchev–Trinajstić information content (AvgIpc) is 3.76. The number of hydrogen-bond acceptors (Lipinski definition) is 13. The predicted molar refractivity (Wildman–Crippen MR) is 228 cm³/mol. The number of halogens is 1. The summed E-state index contributed by atoms with van der Waals surface area (Å²) in [7, 11) is 0. The van der Waals surface area contributed by atoms with Crippen LogP contribution >= 0.6 is 46.6 Å². The minimum atomic E-state index is -1.15. The molecule has 17 heteroatoms. The highest BCUT2D eigenvalue weighted by Crippen LogP contribution is 2.46. The minimum absolute atomic E-state index is 0.0173. The van der Waals surface area contributed by atoms with E-state index in [4.69, 9.17) is 31.8 Å². The molecule has 0 bridgehead atoms. The second-order valence-corrected chi connectivity index (χ2v) is 16.0. The fourth-order valence-electron chi connectivity index (χ4n) is 6.85. The molecule has 4 heterocycles. The molecular weight excluding hydrogens is 870 g/mol. The summed E-state index contributed by atoms with van der Waals surface area (Å²) in [6.07, 6.45) is 2.15. The first-order valence-electron chi connectivity index (χ1n) is 17.5. The monoisotopic (exact) mass is 903 g/mol. The van der Waals surface area contributed by atoms with Crippen molar-refractivity contribution in [2.75, 3.05) is 41.1 Å². The number of carboxylic acids is 1. The van der Waals surface area contributed by atoms with Crippen molar-refractivity contribution in [1.82, 2.24) is 14.9 Å². The quantitative estimate of drug-likeness (QED) is 0.0517. The van der Waals surface area contributed by atoms with E-state index in [1.54, 1.807) is 42.1 Å². The van der Waals surface area contributed by atoms with Crippen molar-refractivity contribution in [2.24, 2.45) is 0 Å². The van der Waals surface area contributed by atoms with Crippen molar-refractivity contribution in [3.63, 3.8) is 0 Å². The number of fused-ring (bicyclic) bond motifs is 4. The van der Waals surface area contributed by atoms with Crippen LogP contribution in [0.2, 0.25) is 0 Å². The Morgan fingerprint density at radius 1 is 1.11 bits per heavy atom. The number of phenolic OH excluding ortho intramolecular Hbond substituents is 1. The van der Waals surface area contributed by atoms with Crippen LogP contribution in [0.1, 0.15) is 30.6 Å². The topological polar surface area (TPSA) is 189 Å². The average molecular weight is 904 g/mol. The van der Waals surface area contributed by atoms with E-state index in [0.717, 1.165) is 14.2 Å². The molecule has 56 heavy (non-hydrogen) atoms. The lowest BCUT2D eigenvalue weighted by Crippen LogP contribution is -2.42. The van der Waals surface area contributed by atoms with Crippen LogP contribution < -0.4 is 36.2 Å². The van der Waals surface area contributed by atoms with Crippen LogP contribution in [0.5, 0.6) is 17.2 Å². The Morgan fingerprint density at radius 2 is 1.89 bits per heavy atom. The lowest BCUT2D eigenvalue weighted by molar-refractivity contribution is 0.0697. The maximum Gasteiger partial charge on any atom is 0.336 e. The summed E-state index contributed by atoms with van der Waals surface area (Å²) in [5.74, 6) is 1.59. The molecule has 0 saturated carbocycles. The van der Waals surface area contributed by atoms with Gasteiger partial charge in [-0.1, -0.05) is 17.8 Å². The fraction of sp³-hybridized carbons (Fsp3) is 0.205. The number of thioether (sulfide) groups is 1. The molecule has 14 nitrogen and oxygen atoms in total. The van der Waals surface area contributed by atoms with Crippen molar-refractivity contribution < 1.29 is 28.9 Å². The van der Waals surface area contributed by atoms with E-state index in [0.29, 0.717) is 81.0 Å². The number of hydrogen-bond donors (Lipinski definition) is 5. The number of ether oxygens (including phenoxy) is 2. The number of aromatic carboxylic acids is 1. The zero-order valence-corrected chi connectivity index (χ0v) is 33.7. The molecule has 6 N–H and O–H groups in total. The fourth-order valence-corrected chi connectivity index (χ4v) is 9.19. The van der Waals surface area contributed by atoms with Gasteiger partial charge in [-0.3, -0.25) is 4.79 Å². The molecule has 3 aliphatic heterocycles. The summed E-state index contributed by atoms with van der Waals surface area (Å²) >= 11 is 9.83. The van der Waals surface area contributed by atoms with E-state index >= 15 is 0 Å². The van der Waals surface area contributed by atoms with E-state index in [1.807, 2.05) is 26.0 Å². The minimum Gasteiger partial charge on any atom is -0.508 e. The van der Waals surface area contributed by atoms with Crippen LogP contribution in [-0.4, -0.2) is 67.6 Å². The van der Waals surface area contributed by atoms with Gasteiger partial charge in [-0.2, -0.15) is 0 Å². The first-order valence-corrected chi connectivity index (χ1v) is 19.9. The van der Waals surface area contributed by atoms with Crippen molar-refractivity contribution in [3.8, 4) is 39.7 Å². The van der Waals surface area contributed by atoms with E-state index in [1.165, 1.54) is 30.6 Å². The maximum atomic E-state index is 12.8. The Balaban J connectivity index is 1.02.